The molecule has 140 valence electrons. The molecular weight excluding hydrogens is 342 g/mol. The van der Waals surface area contributed by atoms with Crippen molar-refractivity contribution >= 4 is 21.6 Å². The van der Waals surface area contributed by atoms with Crippen LogP contribution in [-0.4, -0.2) is 71.4 Å². The number of nitrogens with zero attached hydrogens (tertiary/aromatic N) is 2. The van der Waals surface area contributed by atoms with E-state index in [-0.39, 0.29) is 12.5 Å². The molecule has 8 heteroatoms. The van der Waals surface area contributed by atoms with Gasteiger partial charge in [-0.3, -0.25) is 14.0 Å². The van der Waals surface area contributed by atoms with Crippen molar-refractivity contribution in [3.63, 3.8) is 0 Å². The van der Waals surface area contributed by atoms with Gasteiger partial charge in [-0.1, -0.05) is 12.1 Å². The van der Waals surface area contributed by atoms with Crippen LogP contribution in [0, 0.1) is 13.8 Å². The van der Waals surface area contributed by atoms with Gasteiger partial charge in [-0.2, -0.15) is 0 Å². The average Bonchev–Trinajstić information content (AvgIpc) is 2.55. The lowest BCUT2D eigenvalue weighted by Gasteiger charge is -2.27. The van der Waals surface area contributed by atoms with Crippen molar-refractivity contribution in [3.05, 3.63) is 29.3 Å². The first-order valence-electron chi connectivity index (χ1n) is 8.40. The molecule has 1 aliphatic heterocycles. The Morgan fingerprint density at radius 1 is 1.28 bits per heavy atom. The fraction of sp³-hybridized carbons (Fsp3) is 0.588. The second-order valence-corrected chi connectivity index (χ2v) is 8.20. The molecule has 0 aliphatic carbocycles. The molecule has 2 rings (SSSR count). The normalized spacial score (nSPS) is 15.8. The maximum absolute atomic E-state index is 12.3. The number of amides is 1. The molecule has 25 heavy (non-hydrogen) atoms. The van der Waals surface area contributed by atoms with E-state index < -0.39 is 10.0 Å². The highest BCUT2D eigenvalue weighted by atomic mass is 32.2. The van der Waals surface area contributed by atoms with E-state index in [1.54, 1.807) is 12.1 Å². The Kier molecular flexibility index (Phi) is 6.80. The molecule has 0 saturated carbocycles. The van der Waals surface area contributed by atoms with E-state index >= 15 is 0 Å². The Hall–Kier alpha value is -1.64. The molecule has 1 aromatic rings. The third kappa shape index (κ3) is 5.69. The van der Waals surface area contributed by atoms with Crippen LogP contribution in [0.2, 0.25) is 0 Å². The summed E-state index contributed by atoms with van der Waals surface area (Å²) in [4.78, 5) is 14.5. The lowest BCUT2D eigenvalue weighted by molar-refractivity contribution is -0.119. The summed E-state index contributed by atoms with van der Waals surface area (Å²) in [5.41, 5.74) is 2.39. The van der Waals surface area contributed by atoms with Gasteiger partial charge >= 0.3 is 0 Å². The zero-order chi connectivity index (χ0) is 18.4. The number of aryl methyl sites for hydroxylation is 1. The van der Waals surface area contributed by atoms with E-state index in [1.165, 1.54) is 4.31 Å². The van der Waals surface area contributed by atoms with Gasteiger partial charge in [0.15, 0.2) is 0 Å². The van der Waals surface area contributed by atoms with Crippen LogP contribution in [0.4, 0.5) is 5.69 Å². The van der Waals surface area contributed by atoms with Gasteiger partial charge in [0, 0.05) is 26.2 Å². The zero-order valence-corrected chi connectivity index (χ0v) is 15.9. The predicted molar refractivity (Wildman–Crippen MR) is 98.4 cm³/mol. The minimum Gasteiger partial charge on any atom is -0.379 e. The summed E-state index contributed by atoms with van der Waals surface area (Å²) in [5.74, 6) is -0.306. The van der Waals surface area contributed by atoms with Gasteiger partial charge in [0.25, 0.3) is 0 Å². The van der Waals surface area contributed by atoms with Gasteiger partial charge in [0.05, 0.1) is 25.2 Å². The number of anilines is 1. The van der Waals surface area contributed by atoms with Gasteiger partial charge in [0.1, 0.15) is 6.54 Å². The molecule has 0 unspecified atom stereocenters. The summed E-state index contributed by atoms with van der Waals surface area (Å²) >= 11 is 0. The first-order chi connectivity index (χ1) is 11.8. The van der Waals surface area contributed by atoms with Gasteiger partial charge in [0.2, 0.25) is 15.9 Å². The van der Waals surface area contributed by atoms with Crippen LogP contribution < -0.4 is 9.62 Å². The van der Waals surface area contributed by atoms with Crippen molar-refractivity contribution in [1.29, 1.82) is 0 Å². The highest BCUT2D eigenvalue weighted by Gasteiger charge is 2.22. The standard InChI is InChI=1S/C17H27N3O4S/c1-14-5-4-6-16(15(14)2)20(25(3,22)23)13-17(21)18-7-8-19-9-11-24-12-10-19/h4-6H,7-13H2,1-3H3,(H,18,21). The minimum absolute atomic E-state index is 0.216. The molecular formula is C17H27N3O4S. The summed E-state index contributed by atoms with van der Waals surface area (Å²) in [6, 6.07) is 5.44. The molecule has 0 bridgehead atoms. The van der Waals surface area contributed by atoms with E-state index in [9.17, 15) is 13.2 Å². The van der Waals surface area contributed by atoms with Crippen molar-refractivity contribution in [3.8, 4) is 0 Å². The minimum atomic E-state index is -3.55. The molecule has 0 radical (unpaired) electrons. The predicted octanol–water partition coefficient (Wildman–Crippen LogP) is 0.518. The topological polar surface area (TPSA) is 79.0 Å². The summed E-state index contributed by atoms with van der Waals surface area (Å²) in [6.45, 7) is 7.92. The molecule has 7 nitrogen and oxygen atoms in total. The Labute approximate surface area is 150 Å². The van der Waals surface area contributed by atoms with Crippen LogP contribution in [0.15, 0.2) is 18.2 Å². The quantitative estimate of drug-likeness (QED) is 0.758. The number of benzene rings is 1. The highest BCUT2D eigenvalue weighted by Crippen LogP contribution is 2.24. The first kappa shape index (κ1) is 19.7. The number of ether oxygens (including phenoxy) is 1. The van der Waals surface area contributed by atoms with Crippen molar-refractivity contribution in [2.75, 3.05) is 56.5 Å². The molecule has 1 aromatic carbocycles. The Balaban J connectivity index is 1.97. The van der Waals surface area contributed by atoms with E-state index in [1.807, 2.05) is 19.9 Å². The van der Waals surface area contributed by atoms with E-state index in [4.69, 9.17) is 4.74 Å². The molecule has 1 fully saturated rings. The summed E-state index contributed by atoms with van der Waals surface area (Å²) in [5, 5.41) is 2.81. The number of nitrogens with one attached hydrogen (secondary N) is 1. The Morgan fingerprint density at radius 3 is 2.60 bits per heavy atom. The van der Waals surface area contributed by atoms with Crippen molar-refractivity contribution < 1.29 is 17.9 Å². The molecule has 0 atom stereocenters. The molecule has 1 saturated heterocycles. The summed E-state index contributed by atoms with van der Waals surface area (Å²) in [6.07, 6.45) is 1.12. The Bertz CT molecular complexity index is 700. The molecule has 1 N–H and O–H groups in total. The molecule has 0 aromatic heterocycles. The van der Waals surface area contributed by atoms with Gasteiger partial charge in [-0.05, 0) is 31.0 Å². The summed E-state index contributed by atoms with van der Waals surface area (Å²) < 4.78 is 30.8. The van der Waals surface area contributed by atoms with Gasteiger partial charge in [-0.15, -0.1) is 0 Å². The van der Waals surface area contributed by atoms with Crippen molar-refractivity contribution in [2.24, 2.45) is 0 Å². The lowest BCUT2D eigenvalue weighted by Crippen LogP contribution is -2.44. The monoisotopic (exact) mass is 369 g/mol. The Morgan fingerprint density at radius 2 is 1.96 bits per heavy atom. The lowest BCUT2D eigenvalue weighted by atomic mass is 10.1. The van der Waals surface area contributed by atoms with Crippen LogP contribution in [0.5, 0.6) is 0 Å². The van der Waals surface area contributed by atoms with Crippen LogP contribution in [-0.2, 0) is 19.6 Å². The van der Waals surface area contributed by atoms with Crippen molar-refractivity contribution in [1.82, 2.24) is 10.2 Å². The van der Waals surface area contributed by atoms with Gasteiger partial charge in [-0.25, -0.2) is 8.42 Å². The smallest absolute Gasteiger partial charge is 0.240 e. The number of carbonyl (C=O) groups excluding carboxylic acids is 1. The molecule has 1 heterocycles. The number of carbonyl (C=O) groups is 1. The van der Waals surface area contributed by atoms with E-state index in [2.05, 4.69) is 10.2 Å². The number of morpholine rings is 1. The maximum atomic E-state index is 12.3. The zero-order valence-electron chi connectivity index (χ0n) is 15.1. The van der Waals surface area contributed by atoms with Crippen LogP contribution >= 0.6 is 0 Å². The third-order valence-corrected chi connectivity index (χ3v) is 5.51. The second-order valence-electron chi connectivity index (χ2n) is 6.29. The number of sulfonamides is 1. The summed E-state index contributed by atoms with van der Waals surface area (Å²) in [7, 11) is -3.55. The van der Waals surface area contributed by atoms with Crippen LogP contribution in [0.25, 0.3) is 0 Å². The van der Waals surface area contributed by atoms with Crippen LogP contribution in [0.3, 0.4) is 0 Å². The molecule has 0 spiro atoms. The van der Waals surface area contributed by atoms with E-state index in [0.29, 0.717) is 25.4 Å². The van der Waals surface area contributed by atoms with Crippen molar-refractivity contribution in [2.45, 2.75) is 13.8 Å². The number of hydrogen-bond donors (Lipinski definition) is 1. The SMILES string of the molecule is Cc1cccc(N(CC(=O)NCCN2CCOCC2)S(C)(=O)=O)c1C. The second kappa shape index (κ2) is 8.64. The first-order valence-corrected chi connectivity index (χ1v) is 10.2. The number of rotatable bonds is 7. The number of hydrogen-bond acceptors (Lipinski definition) is 5. The van der Waals surface area contributed by atoms with E-state index in [0.717, 1.165) is 37.0 Å². The maximum Gasteiger partial charge on any atom is 0.240 e. The van der Waals surface area contributed by atoms with Gasteiger partial charge < -0.3 is 10.1 Å². The average molecular weight is 369 g/mol. The largest absolute Gasteiger partial charge is 0.379 e. The molecule has 1 aliphatic rings. The molecule has 1 amide bonds. The fourth-order valence-electron chi connectivity index (χ4n) is 2.75. The fourth-order valence-corrected chi connectivity index (χ4v) is 3.66. The van der Waals surface area contributed by atoms with Crippen LogP contribution in [0.1, 0.15) is 11.1 Å². The highest BCUT2D eigenvalue weighted by molar-refractivity contribution is 7.92. The third-order valence-electron chi connectivity index (χ3n) is 4.39.